The number of piperidine rings is 1. The molecule has 1 saturated heterocycles. The summed E-state index contributed by atoms with van der Waals surface area (Å²) >= 11 is 0. The van der Waals surface area contributed by atoms with Crippen molar-refractivity contribution in [2.75, 3.05) is 33.8 Å². The largest absolute Gasteiger partial charge is 0.387 e. The Labute approximate surface area is 142 Å². The minimum absolute atomic E-state index is 0.0743. The monoisotopic (exact) mass is 334 g/mol. The van der Waals surface area contributed by atoms with E-state index < -0.39 is 6.61 Å². The molecule has 7 heteroatoms. The molecule has 0 spiro atoms. The van der Waals surface area contributed by atoms with Gasteiger partial charge in [-0.25, -0.2) is 9.97 Å². The predicted octanol–water partition coefficient (Wildman–Crippen LogP) is 0.504. The summed E-state index contributed by atoms with van der Waals surface area (Å²) in [5.41, 5.74) is 1.73. The van der Waals surface area contributed by atoms with Crippen LogP contribution < -0.4 is 0 Å². The molecule has 0 aromatic carbocycles. The molecular weight excluding hydrogens is 308 g/mol. The minimum Gasteiger partial charge on any atom is -0.387 e. The van der Waals surface area contributed by atoms with Crippen molar-refractivity contribution in [1.29, 1.82) is 0 Å². The van der Waals surface area contributed by atoms with E-state index in [1.807, 2.05) is 13.0 Å². The maximum Gasteiger partial charge on any atom is 0.248 e. The van der Waals surface area contributed by atoms with Gasteiger partial charge in [-0.2, -0.15) is 0 Å². The van der Waals surface area contributed by atoms with Gasteiger partial charge in [-0.15, -0.1) is 0 Å². The quantitative estimate of drug-likeness (QED) is 0.847. The van der Waals surface area contributed by atoms with Gasteiger partial charge in [0.15, 0.2) is 0 Å². The smallest absolute Gasteiger partial charge is 0.248 e. The molecule has 0 unspecified atom stereocenters. The number of carbonyl (C=O) groups is 2. The van der Waals surface area contributed by atoms with E-state index in [4.69, 9.17) is 5.11 Å². The normalized spacial score (nSPS) is 17.7. The van der Waals surface area contributed by atoms with Gasteiger partial charge in [-0.1, -0.05) is 0 Å². The van der Waals surface area contributed by atoms with E-state index in [0.29, 0.717) is 25.9 Å². The van der Waals surface area contributed by atoms with Crippen LogP contribution in [0.5, 0.6) is 0 Å². The number of aliphatic hydroxyl groups is 1. The molecular formula is C17H26N4O3. The number of hydrogen-bond acceptors (Lipinski definition) is 5. The predicted molar refractivity (Wildman–Crippen MR) is 89.4 cm³/mol. The zero-order valence-electron chi connectivity index (χ0n) is 14.7. The first-order valence-corrected chi connectivity index (χ1v) is 8.34. The van der Waals surface area contributed by atoms with Gasteiger partial charge in [0.2, 0.25) is 11.8 Å². The molecule has 132 valence electrons. The molecule has 1 fully saturated rings. The Morgan fingerprint density at radius 3 is 2.79 bits per heavy atom. The highest BCUT2D eigenvalue weighted by Gasteiger charge is 2.26. The molecule has 0 bridgehead atoms. The summed E-state index contributed by atoms with van der Waals surface area (Å²) in [7, 11) is 3.49. The van der Waals surface area contributed by atoms with Crippen molar-refractivity contribution in [2.45, 2.75) is 38.5 Å². The van der Waals surface area contributed by atoms with Crippen LogP contribution in [0, 0.1) is 6.92 Å². The van der Waals surface area contributed by atoms with E-state index in [9.17, 15) is 9.59 Å². The van der Waals surface area contributed by atoms with Crippen LogP contribution in [0.15, 0.2) is 6.07 Å². The number of hydrogen-bond donors (Lipinski definition) is 1. The third-order valence-electron chi connectivity index (χ3n) is 4.29. The third-order valence-corrected chi connectivity index (χ3v) is 4.29. The van der Waals surface area contributed by atoms with Crippen LogP contribution in [0.4, 0.5) is 0 Å². The van der Waals surface area contributed by atoms with Crippen LogP contribution in [0.25, 0.3) is 0 Å². The van der Waals surface area contributed by atoms with E-state index in [1.165, 1.54) is 0 Å². The first-order valence-electron chi connectivity index (χ1n) is 8.34. The van der Waals surface area contributed by atoms with Gasteiger partial charge in [-0.3, -0.25) is 9.59 Å². The Kier molecular flexibility index (Phi) is 6.25. The van der Waals surface area contributed by atoms with Crippen LogP contribution >= 0.6 is 0 Å². The van der Waals surface area contributed by atoms with Gasteiger partial charge in [-0.05, 0) is 32.3 Å². The summed E-state index contributed by atoms with van der Waals surface area (Å²) in [6.07, 6.45) is 2.80. The Morgan fingerprint density at radius 2 is 2.12 bits per heavy atom. The molecule has 1 N–H and O–H groups in total. The van der Waals surface area contributed by atoms with Gasteiger partial charge in [0, 0.05) is 50.9 Å². The molecule has 1 aromatic rings. The first kappa shape index (κ1) is 18.3. The number of nitrogens with zero attached hydrogens (tertiary/aromatic N) is 4. The maximum absolute atomic E-state index is 11.8. The number of likely N-dealkylation sites (tertiary alicyclic amines) is 1. The lowest BCUT2D eigenvalue weighted by Gasteiger charge is -2.31. The lowest BCUT2D eigenvalue weighted by atomic mass is 9.96. The van der Waals surface area contributed by atoms with Crippen molar-refractivity contribution in [1.82, 2.24) is 19.8 Å². The molecule has 1 aliphatic heterocycles. The van der Waals surface area contributed by atoms with E-state index >= 15 is 0 Å². The van der Waals surface area contributed by atoms with Crippen LogP contribution in [-0.2, 0) is 16.0 Å². The second-order valence-corrected chi connectivity index (χ2v) is 6.48. The Balaban J connectivity index is 2.09. The van der Waals surface area contributed by atoms with Crippen molar-refractivity contribution >= 4 is 11.8 Å². The third kappa shape index (κ3) is 4.74. The van der Waals surface area contributed by atoms with Crippen molar-refractivity contribution in [3.05, 3.63) is 23.3 Å². The highest BCUT2D eigenvalue weighted by molar-refractivity contribution is 5.77. The second-order valence-electron chi connectivity index (χ2n) is 6.48. The number of carbonyl (C=O) groups excluding carboxylic acids is 2. The summed E-state index contributed by atoms with van der Waals surface area (Å²) in [4.78, 5) is 35.9. The highest BCUT2D eigenvalue weighted by atomic mass is 16.3. The summed E-state index contributed by atoms with van der Waals surface area (Å²) in [6, 6.07) is 1.91. The van der Waals surface area contributed by atoms with E-state index in [0.717, 1.165) is 30.1 Å². The van der Waals surface area contributed by atoms with Crippen molar-refractivity contribution < 1.29 is 14.7 Å². The fourth-order valence-corrected chi connectivity index (χ4v) is 2.94. The van der Waals surface area contributed by atoms with Gasteiger partial charge in [0.25, 0.3) is 0 Å². The molecule has 0 saturated carbocycles. The Bertz CT molecular complexity index is 603. The summed E-state index contributed by atoms with van der Waals surface area (Å²) in [5, 5.41) is 9.04. The van der Waals surface area contributed by atoms with Crippen LogP contribution in [0.1, 0.15) is 42.4 Å². The Hall–Kier alpha value is -2.02. The van der Waals surface area contributed by atoms with Gasteiger partial charge >= 0.3 is 0 Å². The molecule has 1 atom stereocenters. The standard InChI is InChI=1S/C17H26N4O3/c1-12-9-14(6-7-15(23)20(2)3)19-17(18-12)13-5-4-8-21(10-13)16(24)11-22/h9,13,22H,4-8,10-11H2,1-3H3/t13-/m0/s1. The van der Waals surface area contributed by atoms with E-state index in [-0.39, 0.29) is 17.7 Å². The van der Waals surface area contributed by atoms with Crippen molar-refractivity contribution in [2.24, 2.45) is 0 Å². The molecule has 7 nitrogen and oxygen atoms in total. The zero-order valence-corrected chi connectivity index (χ0v) is 14.7. The molecule has 0 aliphatic carbocycles. The van der Waals surface area contributed by atoms with Gasteiger partial charge in [0.1, 0.15) is 12.4 Å². The fourth-order valence-electron chi connectivity index (χ4n) is 2.94. The lowest BCUT2D eigenvalue weighted by molar-refractivity contribution is -0.135. The van der Waals surface area contributed by atoms with Crippen molar-refractivity contribution in [3.8, 4) is 0 Å². The van der Waals surface area contributed by atoms with Crippen LogP contribution in [0.2, 0.25) is 0 Å². The van der Waals surface area contributed by atoms with Crippen LogP contribution in [-0.4, -0.2) is 70.5 Å². The lowest BCUT2D eigenvalue weighted by Crippen LogP contribution is -2.41. The number of amides is 2. The number of aryl methyl sites for hydroxylation is 2. The number of rotatable bonds is 5. The molecule has 2 amide bonds. The van der Waals surface area contributed by atoms with Crippen molar-refractivity contribution in [3.63, 3.8) is 0 Å². The van der Waals surface area contributed by atoms with Gasteiger partial charge < -0.3 is 14.9 Å². The van der Waals surface area contributed by atoms with E-state index in [2.05, 4.69) is 9.97 Å². The molecule has 1 aromatic heterocycles. The minimum atomic E-state index is -0.459. The topological polar surface area (TPSA) is 86.6 Å². The zero-order chi connectivity index (χ0) is 17.7. The molecule has 2 rings (SSSR count). The fraction of sp³-hybridized carbons (Fsp3) is 0.647. The number of aliphatic hydroxyl groups excluding tert-OH is 1. The highest BCUT2D eigenvalue weighted by Crippen LogP contribution is 2.25. The first-order chi connectivity index (χ1) is 11.4. The second kappa shape index (κ2) is 8.19. The van der Waals surface area contributed by atoms with Crippen LogP contribution in [0.3, 0.4) is 0 Å². The Morgan fingerprint density at radius 1 is 1.38 bits per heavy atom. The summed E-state index contributed by atoms with van der Waals surface area (Å²) in [6.45, 7) is 2.67. The molecule has 0 radical (unpaired) electrons. The summed E-state index contributed by atoms with van der Waals surface area (Å²) < 4.78 is 0. The summed E-state index contributed by atoms with van der Waals surface area (Å²) in [5.74, 6) is 0.643. The number of aromatic nitrogens is 2. The molecule has 2 heterocycles. The van der Waals surface area contributed by atoms with E-state index in [1.54, 1.807) is 23.9 Å². The molecule has 1 aliphatic rings. The van der Waals surface area contributed by atoms with Gasteiger partial charge in [0.05, 0.1) is 0 Å². The average molecular weight is 334 g/mol. The maximum atomic E-state index is 11.8. The molecule has 24 heavy (non-hydrogen) atoms. The SMILES string of the molecule is Cc1cc(CCC(=O)N(C)C)nc([C@H]2CCCN(C(=O)CO)C2)n1. The average Bonchev–Trinajstić information content (AvgIpc) is 2.58.